The molecule has 1 atom stereocenters. The third kappa shape index (κ3) is 3.80. The Morgan fingerprint density at radius 3 is 2.63 bits per heavy atom. The van der Waals surface area contributed by atoms with Crippen molar-refractivity contribution in [1.29, 1.82) is 0 Å². The number of hydrogen-bond acceptors (Lipinski definition) is 4. The van der Waals surface area contributed by atoms with Gasteiger partial charge in [-0.05, 0) is 30.7 Å². The summed E-state index contributed by atoms with van der Waals surface area (Å²) < 4.78 is 3.65. The number of para-hydroxylation sites is 2. The number of hydrogen-bond donors (Lipinski definition) is 0. The van der Waals surface area contributed by atoms with E-state index in [1.165, 1.54) is 4.90 Å². The largest absolute Gasteiger partial charge is 0.618 e. The van der Waals surface area contributed by atoms with Crippen molar-refractivity contribution in [1.82, 2.24) is 4.65 Å². The molecule has 2 amide bonds. The maximum atomic E-state index is 13.4. The van der Waals surface area contributed by atoms with E-state index in [0.717, 1.165) is 5.56 Å². The molecule has 6 nitrogen and oxygen atoms in total. The number of nitrogens with zero attached hydrogens (tertiary/aromatic N) is 2. The zero-order valence-electron chi connectivity index (χ0n) is 14.7. The molecule has 1 heterocycles. The van der Waals surface area contributed by atoms with Crippen molar-refractivity contribution in [2.24, 2.45) is 0 Å². The predicted octanol–water partition coefficient (Wildman–Crippen LogP) is 4.89. The number of urea groups is 1. The minimum Gasteiger partial charge on any atom is -0.618 e. The van der Waals surface area contributed by atoms with Crippen LogP contribution in [0.4, 0.5) is 16.2 Å². The van der Waals surface area contributed by atoms with Gasteiger partial charge in [-0.15, -0.1) is 0 Å². The van der Waals surface area contributed by atoms with Gasteiger partial charge in [0.15, 0.2) is 5.69 Å². The Kier molecular flexibility index (Phi) is 5.72. The third-order valence-corrected chi connectivity index (χ3v) is 5.10. The van der Waals surface area contributed by atoms with Crippen LogP contribution in [0.15, 0.2) is 42.5 Å². The van der Waals surface area contributed by atoms with E-state index < -0.39 is 16.6 Å². The summed E-state index contributed by atoms with van der Waals surface area (Å²) in [5.74, 6) is -0.501. The molecule has 8 heteroatoms. The Bertz CT molecular complexity index is 890. The van der Waals surface area contributed by atoms with Crippen LogP contribution >= 0.6 is 23.2 Å². The molecule has 0 spiro atoms. The lowest BCUT2D eigenvalue weighted by molar-refractivity contribution is -0.143. The van der Waals surface area contributed by atoms with E-state index in [-0.39, 0.29) is 26.1 Å². The van der Waals surface area contributed by atoms with Crippen molar-refractivity contribution >= 4 is 46.6 Å². The highest BCUT2D eigenvalue weighted by Gasteiger charge is 2.46. The second-order valence-electron chi connectivity index (χ2n) is 6.12. The van der Waals surface area contributed by atoms with Gasteiger partial charge in [0, 0.05) is 6.07 Å². The molecule has 2 aromatic carbocycles. The van der Waals surface area contributed by atoms with Gasteiger partial charge in [-0.2, -0.15) is 0 Å². The van der Waals surface area contributed by atoms with E-state index >= 15 is 0 Å². The molecular formula is C19H18Cl2N2O4. The molecular weight excluding hydrogens is 391 g/mol. The first-order valence-electron chi connectivity index (χ1n) is 8.47. The monoisotopic (exact) mass is 408 g/mol. The third-order valence-electron chi connectivity index (χ3n) is 4.36. The number of hydroxylamine groups is 2. The van der Waals surface area contributed by atoms with Crippen LogP contribution in [-0.4, -0.2) is 25.2 Å². The summed E-state index contributed by atoms with van der Waals surface area (Å²) >= 11 is 12.0. The summed E-state index contributed by atoms with van der Waals surface area (Å²) in [4.78, 5) is 26.1. The highest BCUT2D eigenvalue weighted by atomic mass is 35.5. The lowest BCUT2D eigenvalue weighted by Crippen LogP contribution is -2.51. The Hall–Kier alpha value is -2.12. The van der Waals surface area contributed by atoms with Crippen molar-refractivity contribution in [2.75, 3.05) is 18.1 Å². The number of carbonyl (C=O) groups is 2. The Balaban J connectivity index is 1.89. The van der Waals surface area contributed by atoms with Crippen LogP contribution in [0.1, 0.15) is 18.9 Å². The summed E-state index contributed by atoms with van der Waals surface area (Å²) in [6.45, 7) is 1.88. The molecule has 1 unspecified atom stereocenters. The molecule has 27 heavy (non-hydrogen) atoms. The van der Waals surface area contributed by atoms with Gasteiger partial charge in [0.1, 0.15) is 12.2 Å². The number of fused-ring (bicyclic) bond motifs is 1. The summed E-state index contributed by atoms with van der Waals surface area (Å²) in [7, 11) is 0. The molecule has 0 radical (unpaired) electrons. The second-order valence-corrected chi connectivity index (χ2v) is 6.94. The molecule has 0 bridgehead atoms. The Labute approximate surface area is 167 Å². The predicted molar refractivity (Wildman–Crippen MR) is 106 cm³/mol. The second kappa shape index (κ2) is 7.86. The van der Waals surface area contributed by atoms with Gasteiger partial charge in [0.25, 0.3) is 0 Å². The Morgan fingerprint density at radius 2 is 1.93 bits per heavy atom. The number of carbonyl (C=O) groups excluding carboxylic acids is 2. The number of ether oxygens (including phenoxy) is 1. The molecule has 142 valence electrons. The molecule has 1 aliphatic rings. The minimum atomic E-state index is -1.23. The first-order chi connectivity index (χ1) is 12.9. The van der Waals surface area contributed by atoms with Gasteiger partial charge in [-0.1, -0.05) is 41.4 Å². The van der Waals surface area contributed by atoms with Crippen molar-refractivity contribution in [3.05, 3.63) is 63.3 Å². The molecule has 3 rings (SSSR count). The number of benzene rings is 2. The molecule has 0 aliphatic carbocycles. The zero-order valence-corrected chi connectivity index (χ0v) is 16.2. The maximum Gasteiger partial charge on any atom is 0.429 e. The fourth-order valence-electron chi connectivity index (χ4n) is 3.07. The Morgan fingerprint density at radius 1 is 1.19 bits per heavy atom. The number of halogens is 2. The van der Waals surface area contributed by atoms with Crippen molar-refractivity contribution in [2.45, 2.75) is 19.9 Å². The van der Waals surface area contributed by atoms with Crippen LogP contribution in [0.25, 0.3) is 0 Å². The molecule has 0 fully saturated rings. The summed E-state index contributed by atoms with van der Waals surface area (Å²) in [5.41, 5.74) is 1.57. The lowest BCUT2D eigenvalue weighted by Gasteiger charge is -2.34. The van der Waals surface area contributed by atoms with E-state index in [1.807, 2.05) is 0 Å². The number of esters is 1. The standard InChI is InChI=1S/C19H18Cl2N2O4/c1-2-27-18(24)9-10-23(26)17-6-4-3-5-16(17)22(19(23)25)12-13-7-8-14(20)15(21)11-13/h3-8,11H,2,9-10,12H2,1H3. The van der Waals surface area contributed by atoms with Gasteiger partial charge in [0.2, 0.25) is 0 Å². The first-order valence-corrected chi connectivity index (χ1v) is 9.22. The van der Waals surface area contributed by atoms with E-state index in [9.17, 15) is 14.8 Å². The van der Waals surface area contributed by atoms with Gasteiger partial charge in [-0.3, -0.25) is 9.69 Å². The molecule has 0 N–H and O–H groups in total. The molecule has 0 aromatic heterocycles. The summed E-state index contributed by atoms with van der Waals surface area (Å²) in [5, 5.41) is 14.2. The van der Waals surface area contributed by atoms with Crippen LogP contribution in [0.3, 0.4) is 0 Å². The summed E-state index contributed by atoms with van der Waals surface area (Å²) in [6.07, 6.45) is -0.141. The van der Waals surface area contributed by atoms with Gasteiger partial charge >= 0.3 is 12.0 Å². The van der Waals surface area contributed by atoms with E-state index in [0.29, 0.717) is 21.4 Å². The highest BCUT2D eigenvalue weighted by molar-refractivity contribution is 6.42. The molecule has 1 aliphatic heterocycles. The zero-order chi connectivity index (χ0) is 19.6. The topological polar surface area (TPSA) is 69.7 Å². The van der Waals surface area contributed by atoms with Crippen LogP contribution in [-0.2, 0) is 16.1 Å². The number of anilines is 1. The molecule has 0 saturated heterocycles. The highest BCUT2D eigenvalue weighted by Crippen LogP contribution is 2.43. The average molecular weight is 409 g/mol. The molecule has 2 aromatic rings. The van der Waals surface area contributed by atoms with Gasteiger partial charge < -0.3 is 9.94 Å². The van der Waals surface area contributed by atoms with Crippen LogP contribution < -0.4 is 9.55 Å². The smallest absolute Gasteiger partial charge is 0.429 e. The van der Waals surface area contributed by atoms with Crippen LogP contribution in [0.5, 0.6) is 0 Å². The van der Waals surface area contributed by atoms with E-state index in [1.54, 1.807) is 49.4 Å². The normalized spacial score (nSPS) is 18.5. The first kappa shape index (κ1) is 19.6. The number of amides is 2. The van der Waals surface area contributed by atoms with Crippen molar-refractivity contribution < 1.29 is 14.3 Å². The quantitative estimate of drug-likeness (QED) is 0.387. The minimum absolute atomic E-state index is 0.141. The molecule has 0 saturated carbocycles. The fraction of sp³-hybridized carbons (Fsp3) is 0.263. The SMILES string of the molecule is CCOC(=O)CC[N+]1([O-])C(=O)N(Cc2ccc(Cl)c(Cl)c2)c2ccccc21. The van der Waals surface area contributed by atoms with E-state index in [2.05, 4.69) is 0 Å². The number of rotatable bonds is 6. The van der Waals surface area contributed by atoms with Crippen LogP contribution in [0, 0.1) is 5.21 Å². The van der Waals surface area contributed by atoms with Crippen molar-refractivity contribution in [3.8, 4) is 0 Å². The summed E-state index contributed by atoms with van der Waals surface area (Å²) in [6, 6.07) is 11.2. The van der Waals surface area contributed by atoms with Gasteiger partial charge in [0.05, 0.1) is 29.6 Å². The van der Waals surface area contributed by atoms with E-state index in [4.69, 9.17) is 27.9 Å². The van der Waals surface area contributed by atoms with Crippen LogP contribution in [0.2, 0.25) is 10.0 Å². The van der Waals surface area contributed by atoms with Gasteiger partial charge in [-0.25, -0.2) is 9.44 Å². The lowest BCUT2D eigenvalue weighted by atomic mass is 10.2. The number of quaternary nitrogens is 1. The van der Waals surface area contributed by atoms with Crippen molar-refractivity contribution in [3.63, 3.8) is 0 Å². The fourth-order valence-corrected chi connectivity index (χ4v) is 3.39. The maximum absolute atomic E-state index is 13.4. The average Bonchev–Trinajstić information content (AvgIpc) is 2.86.